The first-order valence-corrected chi connectivity index (χ1v) is 9.35. The number of alkyl halides is 3. The molecule has 0 radical (unpaired) electrons. The van der Waals surface area contributed by atoms with Crippen molar-refractivity contribution in [1.29, 1.82) is 0 Å². The zero-order valence-corrected chi connectivity index (χ0v) is 15.6. The number of halogens is 4. The molecule has 2 aliphatic heterocycles. The van der Waals surface area contributed by atoms with Gasteiger partial charge in [-0.3, -0.25) is 9.69 Å². The van der Waals surface area contributed by atoms with Crippen molar-refractivity contribution in [2.24, 2.45) is 0 Å². The molecule has 10 heteroatoms. The topological polar surface area (TPSA) is 64.3 Å². The smallest absolute Gasteiger partial charge is 0.356 e. The van der Waals surface area contributed by atoms with E-state index in [0.717, 1.165) is 31.8 Å². The zero-order chi connectivity index (χ0) is 19.9. The van der Waals surface area contributed by atoms with Gasteiger partial charge in [0.05, 0.1) is 10.6 Å². The number of carbonyl (C=O) groups excluding carboxylic acids is 1. The number of carbonyl (C=O) groups is 1. The molecule has 2 aliphatic rings. The number of aromatic amines is 1. The van der Waals surface area contributed by atoms with Crippen molar-refractivity contribution in [3.8, 4) is 0 Å². The van der Waals surface area contributed by atoms with Crippen LogP contribution in [0.4, 0.5) is 19.0 Å². The highest BCUT2D eigenvalue weighted by Gasteiger charge is 2.39. The molecule has 2 saturated heterocycles. The van der Waals surface area contributed by atoms with E-state index in [9.17, 15) is 18.0 Å². The van der Waals surface area contributed by atoms with Gasteiger partial charge in [-0.2, -0.15) is 13.2 Å². The number of anilines is 1. The molecule has 2 aromatic heterocycles. The highest BCUT2D eigenvalue weighted by Crippen LogP contribution is 2.32. The molecule has 2 bridgehead atoms. The molecule has 2 aromatic rings. The Morgan fingerprint density at radius 1 is 1.36 bits per heavy atom. The van der Waals surface area contributed by atoms with Gasteiger partial charge in [0.1, 0.15) is 11.5 Å². The molecule has 2 N–H and O–H groups in total. The van der Waals surface area contributed by atoms with Crippen LogP contribution in [0.25, 0.3) is 0 Å². The maximum atomic E-state index is 12.8. The Balaban J connectivity index is 1.43. The maximum Gasteiger partial charge on any atom is 0.417 e. The maximum absolute atomic E-state index is 12.8. The number of aromatic nitrogens is 2. The summed E-state index contributed by atoms with van der Waals surface area (Å²) in [6.07, 6.45) is -1.06. The van der Waals surface area contributed by atoms with Crippen molar-refractivity contribution >= 4 is 23.3 Å². The van der Waals surface area contributed by atoms with Crippen molar-refractivity contribution in [3.63, 3.8) is 0 Å². The van der Waals surface area contributed by atoms with Gasteiger partial charge in [-0.15, -0.1) is 0 Å². The van der Waals surface area contributed by atoms with E-state index in [4.69, 9.17) is 11.6 Å². The highest BCUT2D eigenvalue weighted by atomic mass is 35.5. The largest absolute Gasteiger partial charge is 0.417 e. The van der Waals surface area contributed by atoms with Crippen LogP contribution in [-0.4, -0.2) is 59.0 Å². The number of H-pyrrole nitrogens is 1. The van der Waals surface area contributed by atoms with E-state index in [1.807, 2.05) is 4.90 Å². The standard InChI is InChI=1S/C18H19ClF3N5O/c19-12-5-15(23-7-12)17(28)25-8-14-10-27(13-3-4-26(14)9-13)16-2-1-11(6-24-16)18(20,21)22/h1-2,5-7,13-14,23H,3-4,8-10H2,(H,25,28)/t13-,14+/m0/s1. The predicted molar refractivity (Wildman–Crippen MR) is 98.5 cm³/mol. The summed E-state index contributed by atoms with van der Waals surface area (Å²) in [7, 11) is 0. The molecule has 0 aliphatic carbocycles. The van der Waals surface area contributed by atoms with Gasteiger partial charge in [-0.05, 0) is 24.6 Å². The van der Waals surface area contributed by atoms with Crippen LogP contribution >= 0.6 is 11.6 Å². The summed E-state index contributed by atoms with van der Waals surface area (Å²) < 4.78 is 38.3. The lowest BCUT2D eigenvalue weighted by molar-refractivity contribution is -0.137. The molecular weight excluding hydrogens is 395 g/mol. The summed E-state index contributed by atoms with van der Waals surface area (Å²) in [4.78, 5) is 23.4. The molecule has 150 valence electrons. The highest BCUT2D eigenvalue weighted by molar-refractivity contribution is 6.30. The van der Waals surface area contributed by atoms with Gasteiger partial charge in [0.15, 0.2) is 0 Å². The first-order chi connectivity index (χ1) is 13.3. The lowest BCUT2D eigenvalue weighted by atomic mass is 10.1. The molecule has 0 spiro atoms. The molecule has 1 amide bonds. The lowest BCUT2D eigenvalue weighted by Gasteiger charge is -2.41. The SMILES string of the molecule is O=C(NC[C@@H]1CN(c2ccc(C(F)(F)F)cn2)[C@H]2CCN1C2)c1cc(Cl)c[nH]1. The van der Waals surface area contributed by atoms with Crippen LogP contribution in [0.15, 0.2) is 30.6 Å². The Morgan fingerprint density at radius 3 is 2.82 bits per heavy atom. The third kappa shape index (κ3) is 3.81. The molecule has 2 fully saturated rings. The van der Waals surface area contributed by atoms with Crippen molar-refractivity contribution in [3.05, 3.63) is 46.9 Å². The van der Waals surface area contributed by atoms with Gasteiger partial charge in [-0.25, -0.2) is 4.98 Å². The summed E-state index contributed by atoms with van der Waals surface area (Å²) >= 11 is 5.83. The molecular formula is C18H19ClF3N5O. The Bertz CT molecular complexity index is 854. The molecule has 0 saturated carbocycles. The average molecular weight is 414 g/mol. The van der Waals surface area contributed by atoms with E-state index in [-0.39, 0.29) is 18.0 Å². The fraction of sp³-hybridized carbons (Fsp3) is 0.444. The summed E-state index contributed by atoms with van der Waals surface area (Å²) in [5, 5.41) is 3.36. The Morgan fingerprint density at radius 2 is 2.18 bits per heavy atom. The fourth-order valence-electron chi connectivity index (χ4n) is 3.85. The van der Waals surface area contributed by atoms with Crippen LogP contribution in [0.2, 0.25) is 5.02 Å². The number of pyridine rings is 1. The minimum atomic E-state index is -4.40. The van der Waals surface area contributed by atoms with Crippen molar-refractivity contribution in [1.82, 2.24) is 20.2 Å². The summed E-state index contributed by atoms with van der Waals surface area (Å²) in [5.41, 5.74) is -0.365. The Kier molecular flexibility index (Phi) is 4.96. The quantitative estimate of drug-likeness (QED) is 0.809. The van der Waals surface area contributed by atoms with E-state index < -0.39 is 11.7 Å². The monoisotopic (exact) mass is 413 g/mol. The molecule has 6 nitrogen and oxygen atoms in total. The number of amides is 1. The molecule has 4 rings (SSSR count). The van der Waals surface area contributed by atoms with Gasteiger partial charge >= 0.3 is 6.18 Å². The van der Waals surface area contributed by atoms with Gasteiger partial charge in [0.2, 0.25) is 0 Å². The van der Waals surface area contributed by atoms with Gasteiger partial charge < -0.3 is 15.2 Å². The Labute approximate surface area is 164 Å². The number of hydrogen-bond acceptors (Lipinski definition) is 4. The second kappa shape index (κ2) is 7.29. The van der Waals surface area contributed by atoms with E-state index in [2.05, 4.69) is 20.2 Å². The van der Waals surface area contributed by atoms with Crippen molar-refractivity contribution in [2.45, 2.75) is 24.7 Å². The summed E-state index contributed by atoms with van der Waals surface area (Å²) in [6.45, 7) is 2.71. The van der Waals surface area contributed by atoms with Gasteiger partial charge in [-0.1, -0.05) is 11.6 Å². The summed E-state index contributed by atoms with van der Waals surface area (Å²) in [5.74, 6) is 0.291. The van der Waals surface area contributed by atoms with Crippen molar-refractivity contribution in [2.75, 3.05) is 31.1 Å². The van der Waals surface area contributed by atoms with Gasteiger partial charge in [0.25, 0.3) is 5.91 Å². The number of nitrogens with one attached hydrogen (secondary N) is 2. The van der Waals surface area contributed by atoms with Crippen LogP contribution in [0, 0.1) is 0 Å². The number of hydrogen-bond donors (Lipinski definition) is 2. The number of rotatable bonds is 4. The molecule has 28 heavy (non-hydrogen) atoms. The van der Waals surface area contributed by atoms with Crippen molar-refractivity contribution < 1.29 is 18.0 Å². The number of fused-ring (bicyclic) bond motifs is 2. The van der Waals surface area contributed by atoms with Crippen LogP contribution in [0.1, 0.15) is 22.5 Å². The first-order valence-electron chi connectivity index (χ1n) is 8.97. The number of nitrogens with zero attached hydrogens (tertiary/aromatic N) is 3. The van der Waals surface area contributed by atoms with E-state index in [0.29, 0.717) is 29.6 Å². The summed E-state index contributed by atoms with van der Waals surface area (Å²) in [6, 6.07) is 4.32. The second-order valence-corrected chi connectivity index (χ2v) is 7.52. The lowest BCUT2D eigenvalue weighted by Crippen LogP contribution is -2.56. The zero-order valence-electron chi connectivity index (χ0n) is 14.8. The Hall–Kier alpha value is -2.26. The fourth-order valence-corrected chi connectivity index (χ4v) is 4.01. The first kappa shape index (κ1) is 19.1. The van der Waals surface area contributed by atoms with Crippen LogP contribution in [-0.2, 0) is 6.18 Å². The van der Waals surface area contributed by atoms with E-state index in [1.165, 1.54) is 6.07 Å². The normalized spacial score (nSPS) is 24.4. The predicted octanol–water partition coefficient (Wildman–Crippen LogP) is 2.77. The number of piperazine rings is 1. The van der Waals surface area contributed by atoms with Crippen LogP contribution in [0.3, 0.4) is 0 Å². The van der Waals surface area contributed by atoms with Gasteiger partial charge in [0, 0.05) is 50.7 Å². The molecule has 0 aromatic carbocycles. The molecule has 1 unspecified atom stereocenters. The second-order valence-electron chi connectivity index (χ2n) is 7.09. The van der Waals surface area contributed by atoms with E-state index in [1.54, 1.807) is 12.3 Å². The molecule has 4 heterocycles. The third-order valence-corrected chi connectivity index (χ3v) is 5.54. The average Bonchev–Trinajstić information content (AvgIpc) is 3.28. The van der Waals surface area contributed by atoms with Crippen LogP contribution in [0.5, 0.6) is 0 Å². The third-order valence-electron chi connectivity index (χ3n) is 5.32. The minimum Gasteiger partial charge on any atom is -0.356 e. The minimum absolute atomic E-state index is 0.0530. The molecule has 3 atom stereocenters. The van der Waals surface area contributed by atoms with E-state index >= 15 is 0 Å². The van der Waals surface area contributed by atoms with Crippen LogP contribution < -0.4 is 10.2 Å².